The highest BCUT2D eigenvalue weighted by atomic mass is 32.2. The van der Waals surface area contributed by atoms with Gasteiger partial charge in [0.1, 0.15) is 0 Å². The van der Waals surface area contributed by atoms with Gasteiger partial charge in [0, 0.05) is 13.1 Å². The van der Waals surface area contributed by atoms with Gasteiger partial charge in [-0.1, -0.05) is 38.1 Å². The summed E-state index contributed by atoms with van der Waals surface area (Å²) in [4.78, 5) is 0. The molecule has 0 aliphatic carbocycles. The van der Waals surface area contributed by atoms with Crippen LogP contribution in [-0.4, -0.2) is 30.9 Å². The fourth-order valence-electron chi connectivity index (χ4n) is 1.86. The summed E-state index contributed by atoms with van der Waals surface area (Å²) in [6, 6.07) is 7.06. The topological polar surface area (TPSA) is 57.6 Å². The van der Waals surface area contributed by atoms with E-state index in [-0.39, 0.29) is 12.4 Å². The summed E-state index contributed by atoms with van der Waals surface area (Å²) in [6.07, 6.45) is 0.809. The van der Waals surface area contributed by atoms with Crippen LogP contribution in [0.3, 0.4) is 0 Å². The number of sulfonamides is 1. The summed E-state index contributed by atoms with van der Waals surface area (Å²) < 4.78 is 25.9. The number of benzene rings is 1. The van der Waals surface area contributed by atoms with Crippen LogP contribution >= 0.6 is 0 Å². The highest BCUT2D eigenvalue weighted by Gasteiger charge is 2.19. The lowest BCUT2D eigenvalue weighted by Crippen LogP contribution is -2.32. The molecule has 0 radical (unpaired) electrons. The Balaban J connectivity index is 2.87. The maximum atomic E-state index is 12.2. The number of hydrogen-bond donors (Lipinski definition) is 1. The van der Waals surface area contributed by atoms with Crippen molar-refractivity contribution in [2.75, 3.05) is 13.1 Å². The Bertz CT molecular complexity index is 471. The molecule has 0 aliphatic heterocycles. The van der Waals surface area contributed by atoms with Crippen LogP contribution < -0.4 is 0 Å². The van der Waals surface area contributed by atoms with Gasteiger partial charge in [-0.2, -0.15) is 0 Å². The van der Waals surface area contributed by atoms with Crippen molar-refractivity contribution < 1.29 is 13.5 Å². The fourth-order valence-corrected chi connectivity index (χ4v) is 3.50. The molecule has 1 aromatic carbocycles. The van der Waals surface area contributed by atoms with Crippen LogP contribution in [0.15, 0.2) is 24.3 Å². The molecule has 0 aliphatic rings. The van der Waals surface area contributed by atoms with Gasteiger partial charge in [-0.15, -0.1) is 0 Å². The third kappa shape index (κ3) is 4.08. The Morgan fingerprint density at radius 3 is 2.44 bits per heavy atom. The summed E-state index contributed by atoms with van der Waals surface area (Å²) >= 11 is 0. The molecule has 0 amide bonds. The van der Waals surface area contributed by atoms with E-state index in [4.69, 9.17) is 5.11 Å². The quantitative estimate of drug-likeness (QED) is 0.822. The lowest BCUT2D eigenvalue weighted by Gasteiger charge is -2.19. The molecule has 0 atom stereocenters. The molecule has 1 N–H and O–H groups in total. The highest BCUT2D eigenvalue weighted by Crippen LogP contribution is 2.13. The first-order valence-electron chi connectivity index (χ1n) is 6.20. The standard InChI is InChI=1S/C13H21NO3S/c1-3-8-14(4-2)18(16,17)11-13-7-5-6-12(9-13)10-15/h5-7,9,15H,3-4,8,10-11H2,1-2H3. The van der Waals surface area contributed by atoms with E-state index in [2.05, 4.69) is 0 Å². The van der Waals surface area contributed by atoms with Gasteiger partial charge in [-0.05, 0) is 17.5 Å². The monoisotopic (exact) mass is 271 g/mol. The van der Waals surface area contributed by atoms with Gasteiger partial charge in [-0.3, -0.25) is 0 Å². The first kappa shape index (κ1) is 15.1. The number of aliphatic hydroxyl groups excluding tert-OH is 1. The molecule has 0 heterocycles. The maximum Gasteiger partial charge on any atom is 0.218 e. The van der Waals surface area contributed by atoms with E-state index >= 15 is 0 Å². The molecule has 18 heavy (non-hydrogen) atoms. The van der Waals surface area contributed by atoms with E-state index < -0.39 is 10.0 Å². The van der Waals surface area contributed by atoms with Crippen LogP contribution in [0.5, 0.6) is 0 Å². The zero-order chi connectivity index (χ0) is 13.6. The molecule has 102 valence electrons. The van der Waals surface area contributed by atoms with Gasteiger partial charge in [0.25, 0.3) is 0 Å². The fraction of sp³-hybridized carbons (Fsp3) is 0.538. The van der Waals surface area contributed by atoms with E-state index in [0.717, 1.165) is 17.5 Å². The van der Waals surface area contributed by atoms with Crippen molar-refractivity contribution in [3.63, 3.8) is 0 Å². The summed E-state index contributed by atoms with van der Waals surface area (Å²) in [5.41, 5.74) is 1.46. The van der Waals surface area contributed by atoms with Crippen LogP contribution in [0.2, 0.25) is 0 Å². The molecule has 0 fully saturated rings. The Hall–Kier alpha value is -0.910. The molecule has 4 nitrogen and oxygen atoms in total. The maximum absolute atomic E-state index is 12.2. The van der Waals surface area contributed by atoms with E-state index in [1.807, 2.05) is 13.8 Å². The van der Waals surface area contributed by atoms with Crippen LogP contribution in [0.25, 0.3) is 0 Å². The van der Waals surface area contributed by atoms with E-state index in [9.17, 15) is 8.42 Å². The van der Waals surface area contributed by atoms with Crippen molar-refractivity contribution in [3.05, 3.63) is 35.4 Å². The number of aliphatic hydroxyl groups is 1. The van der Waals surface area contributed by atoms with Crippen molar-refractivity contribution in [2.24, 2.45) is 0 Å². The molecule has 0 unspecified atom stereocenters. The summed E-state index contributed by atoms with van der Waals surface area (Å²) in [5, 5.41) is 9.04. The van der Waals surface area contributed by atoms with Gasteiger partial charge in [0.05, 0.1) is 12.4 Å². The van der Waals surface area contributed by atoms with Crippen molar-refractivity contribution in [2.45, 2.75) is 32.6 Å². The third-order valence-corrected chi connectivity index (χ3v) is 4.67. The third-order valence-electron chi connectivity index (χ3n) is 2.74. The summed E-state index contributed by atoms with van der Waals surface area (Å²) in [7, 11) is -3.26. The normalized spacial score (nSPS) is 12.0. The van der Waals surface area contributed by atoms with Crippen LogP contribution in [0, 0.1) is 0 Å². The predicted octanol–water partition coefficient (Wildman–Crippen LogP) is 1.74. The lowest BCUT2D eigenvalue weighted by atomic mass is 10.1. The van der Waals surface area contributed by atoms with E-state index in [0.29, 0.717) is 13.1 Å². The molecular weight excluding hydrogens is 250 g/mol. The second kappa shape index (κ2) is 6.87. The molecule has 0 aromatic heterocycles. The number of rotatable bonds is 7. The zero-order valence-corrected chi connectivity index (χ0v) is 11.8. The van der Waals surface area contributed by atoms with Crippen LogP contribution in [-0.2, 0) is 22.4 Å². The van der Waals surface area contributed by atoms with Crippen molar-refractivity contribution in [3.8, 4) is 0 Å². The van der Waals surface area contributed by atoms with Gasteiger partial charge < -0.3 is 5.11 Å². The lowest BCUT2D eigenvalue weighted by molar-refractivity contribution is 0.281. The van der Waals surface area contributed by atoms with Gasteiger partial charge in [0.2, 0.25) is 10.0 Å². The largest absolute Gasteiger partial charge is 0.392 e. The average Bonchev–Trinajstić information content (AvgIpc) is 2.35. The second-order valence-electron chi connectivity index (χ2n) is 4.23. The minimum absolute atomic E-state index is 0.00528. The van der Waals surface area contributed by atoms with Gasteiger partial charge in [0.15, 0.2) is 0 Å². The Kier molecular flexibility index (Phi) is 5.78. The smallest absolute Gasteiger partial charge is 0.218 e. The van der Waals surface area contributed by atoms with E-state index in [1.54, 1.807) is 24.3 Å². The first-order chi connectivity index (χ1) is 8.53. The minimum Gasteiger partial charge on any atom is -0.392 e. The minimum atomic E-state index is -3.26. The van der Waals surface area contributed by atoms with Crippen molar-refractivity contribution >= 4 is 10.0 Å². The average molecular weight is 271 g/mol. The molecule has 0 spiro atoms. The Morgan fingerprint density at radius 2 is 1.89 bits per heavy atom. The van der Waals surface area contributed by atoms with Crippen molar-refractivity contribution in [1.82, 2.24) is 4.31 Å². The highest BCUT2D eigenvalue weighted by molar-refractivity contribution is 7.88. The molecular formula is C13H21NO3S. The van der Waals surface area contributed by atoms with Crippen LogP contribution in [0.4, 0.5) is 0 Å². The predicted molar refractivity (Wildman–Crippen MR) is 72.5 cm³/mol. The Morgan fingerprint density at radius 1 is 1.22 bits per heavy atom. The van der Waals surface area contributed by atoms with Gasteiger partial charge >= 0.3 is 0 Å². The molecule has 0 bridgehead atoms. The summed E-state index contributed by atoms with van der Waals surface area (Å²) in [5.74, 6) is -0.00528. The van der Waals surface area contributed by atoms with Crippen LogP contribution in [0.1, 0.15) is 31.4 Å². The number of nitrogens with zero attached hydrogens (tertiary/aromatic N) is 1. The molecule has 1 aromatic rings. The second-order valence-corrected chi connectivity index (χ2v) is 6.19. The molecule has 0 saturated carbocycles. The molecule has 5 heteroatoms. The summed E-state index contributed by atoms with van der Waals surface area (Å²) in [6.45, 7) is 4.79. The first-order valence-corrected chi connectivity index (χ1v) is 7.81. The Labute approximate surface area is 109 Å². The van der Waals surface area contributed by atoms with Crippen molar-refractivity contribution in [1.29, 1.82) is 0 Å². The zero-order valence-electron chi connectivity index (χ0n) is 11.0. The molecule has 1 rings (SSSR count). The number of hydrogen-bond acceptors (Lipinski definition) is 3. The SMILES string of the molecule is CCCN(CC)S(=O)(=O)Cc1cccc(CO)c1. The van der Waals surface area contributed by atoms with E-state index in [1.165, 1.54) is 4.31 Å². The van der Waals surface area contributed by atoms with Gasteiger partial charge in [-0.25, -0.2) is 12.7 Å². The molecule has 0 saturated heterocycles.